The Kier molecular flexibility index (Phi) is 3.20. The van der Waals surface area contributed by atoms with Crippen molar-refractivity contribution in [3.8, 4) is 5.75 Å². The minimum atomic E-state index is -0.685. The summed E-state index contributed by atoms with van der Waals surface area (Å²) in [6.45, 7) is 1.62. The monoisotopic (exact) mass is 301 g/mol. The summed E-state index contributed by atoms with van der Waals surface area (Å²) in [5.41, 5.74) is 5.79. The van der Waals surface area contributed by atoms with Crippen LogP contribution in [0.15, 0.2) is 16.9 Å². The van der Waals surface area contributed by atoms with Gasteiger partial charge in [0, 0.05) is 18.6 Å². The Morgan fingerprint density at radius 2 is 2.05 bits per heavy atom. The molecule has 1 heterocycles. The van der Waals surface area contributed by atoms with Crippen LogP contribution < -0.4 is 11.3 Å². The molecule has 1 fully saturated rings. The van der Waals surface area contributed by atoms with E-state index in [0.29, 0.717) is 12.2 Å². The Labute approximate surface area is 125 Å². The number of aromatic hydroxyl groups is 1. The van der Waals surface area contributed by atoms with E-state index in [2.05, 4.69) is 4.98 Å². The number of phenols is 1. The molecule has 3 rings (SSSR count). The molecule has 7 nitrogen and oxygen atoms in total. The number of carbonyl (C=O) groups is 2. The van der Waals surface area contributed by atoms with Gasteiger partial charge in [-0.25, -0.2) is 4.98 Å². The van der Waals surface area contributed by atoms with Crippen LogP contribution in [0.5, 0.6) is 5.75 Å². The summed E-state index contributed by atoms with van der Waals surface area (Å²) >= 11 is 0. The number of carbonyl (C=O) groups excluding carboxylic acids is 2. The molecule has 0 amide bonds. The number of fused-ring (bicyclic) bond motifs is 1. The fourth-order valence-electron chi connectivity index (χ4n) is 2.95. The first-order valence-corrected chi connectivity index (χ1v) is 6.94. The van der Waals surface area contributed by atoms with Crippen LogP contribution >= 0.6 is 0 Å². The number of nitrogen functional groups attached to an aromatic ring is 1. The number of aromatic nitrogens is 2. The van der Waals surface area contributed by atoms with E-state index in [0.717, 1.165) is 0 Å². The van der Waals surface area contributed by atoms with E-state index in [1.807, 2.05) is 0 Å². The predicted octanol–water partition coefficient (Wildman–Crippen LogP) is 0.856. The lowest BCUT2D eigenvalue weighted by Gasteiger charge is -2.24. The number of phenolic OH excluding ortho intramolecular Hbond substituents is 1. The maximum absolute atomic E-state index is 12.7. The summed E-state index contributed by atoms with van der Waals surface area (Å²) in [4.78, 5) is 40.5. The fraction of sp³-hybridized carbons (Fsp3) is 0.333. The van der Waals surface area contributed by atoms with E-state index in [1.54, 1.807) is 6.92 Å². The van der Waals surface area contributed by atoms with E-state index in [9.17, 15) is 19.5 Å². The number of hydrogen-bond donors (Lipinski definition) is 2. The highest BCUT2D eigenvalue weighted by Gasteiger charge is 2.30. The Morgan fingerprint density at radius 3 is 2.73 bits per heavy atom. The average molecular weight is 301 g/mol. The zero-order valence-electron chi connectivity index (χ0n) is 12.0. The number of rotatable bonds is 1. The molecule has 3 N–H and O–H groups in total. The second-order valence-corrected chi connectivity index (χ2v) is 5.50. The summed E-state index contributed by atoms with van der Waals surface area (Å²) in [6, 6.07) is 1.95. The minimum Gasteiger partial charge on any atom is -0.508 e. The molecule has 1 aliphatic rings. The van der Waals surface area contributed by atoms with Gasteiger partial charge in [0.1, 0.15) is 17.4 Å². The normalized spacial score (nSPS) is 18.9. The molecule has 2 aromatic rings. The quantitative estimate of drug-likeness (QED) is 0.596. The van der Waals surface area contributed by atoms with E-state index >= 15 is 0 Å². The van der Waals surface area contributed by atoms with Crippen molar-refractivity contribution in [2.24, 2.45) is 0 Å². The molecular formula is C15H15N3O4. The van der Waals surface area contributed by atoms with Crippen LogP contribution in [-0.4, -0.2) is 26.2 Å². The smallest absolute Gasteiger partial charge is 0.264 e. The largest absolute Gasteiger partial charge is 0.508 e. The topological polar surface area (TPSA) is 115 Å². The van der Waals surface area contributed by atoms with Gasteiger partial charge in [0.25, 0.3) is 5.56 Å². The molecule has 0 spiro atoms. The molecular weight excluding hydrogens is 286 g/mol. The van der Waals surface area contributed by atoms with Gasteiger partial charge in [-0.1, -0.05) is 0 Å². The van der Waals surface area contributed by atoms with Crippen molar-refractivity contribution in [3.05, 3.63) is 28.3 Å². The van der Waals surface area contributed by atoms with Gasteiger partial charge in [-0.3, -0.25) is 19.0 Å². The zero-order chi connectivity index (χ0) is 16.0. The van der Waals surface area contributed by atoms with Gasteiger partial charge >= 0.3 is 0 Å². The van der Waals surface area contributed by atoms with Gasteiger partial charge in [0.15, 0.2) is 5.78 Å². The molecule has 1 aliphatic carbocycles. The highest BCUT2D eigenvalue weighted by atomic mass is 16.3. The van der Waals surface area contributed by atoms with Crippen molar-refractivity contribution in [2.75, 3.05) is 5.73 Å². The Morgan fingerprint density at radius 1 is 1.32 bits per heavy atom. The highest BCUT2D eigenvalue weighted by molar-refractivity contribution is 6.03. The number of nitrogens with two attached hydrogens (primary N) is 1. The third kappa shape index (κ3) is 2.14. The number of benzene rings is 1. The summed E-state index contributed by atoms with van der Waals surface area (Å²) in [7, 11) is 0. The van der Waals surface area contributed by atoms with Crippen molar-refractivity contribution in [1.82, 2.24) is 9.55 Å². The maximum Gasteiger partial charge on any atom is 0.264 e. The molecule has 0 bridgehead atoms. The molecule has 0 aliphatic heterocycles. The zero-order valence-corrected chi connectivity index (χ0v) is 12.0. The Balaban J connectivity index is 2.25. The van der Waals surface area contributed by atoms with Crippen LogP contribution in [-0.2, 0) is 9.59 Å². The Bertz CT molecular complexity index is 869. The third-order valence-electron chi connectivity index (χ3n) is 3.95. The molecule has 1 atom stereocenters. The first kappa shape index (κ1) is 14.2. The van der Waals surface area contributed by atoms with Gasteiger partial charge < -0.3 is 10.8 Å². The number of anilines is 1. The van der Waals surface area contributed by atoms with Crippen molar-refractivity contribution in [2.45, 2.75) is 32.2 Å². The van der Waals surface area contributed by atoms with Gasteiger partial charge in [0.2, 0.25) is 0 Å². The van der Waals surface area contributed by atoms with Crippen LogP contribution in [0.4, 0.5) is 5.69 Å². The maximum atomic E-state index is 12.7. The average Bonchev–Trinajstić information content (AvgIpc) is 2.39. The van der Waals surface area contributed by atoms with Crippen LogP contribution in [0, 0.1) is 6.92 Å². The number of Topliss-reactive ketones (excluding diaryl/α,β-unsaturated/α-hetero) is 2. The molecule has 1 saturated carbocycles. The first-order chi connectivity index (χ1) is 10.4. The van der Waals surface area contributed by atoms with Gasteiger partial charge in [-0.15, -0.1) is 0 Å². The third-order valence-corrected chi connectivity index (χ3v) is 3.95. The van der Waals surface area contributed by atoms with Crippen LogP contribution in [0.2, 0.25) is 0 Å². The lowest BCUT2D eigenvalue weighted by Crippen LogP contribution is -2.36. The summed E-state index contributed by atoms with van der Waals surface area (Å²) in [5, 5.41) is 9.74. The second kappa shape index (κ2) is 4.94. The highest BCUT2D eigenvalue weighted by Crippen LogP contribution is 2.27. The van der Waals surface area contributed by atoms with Crippen molar-refractivity contribution in [1.29, 1.82) is 0 Å². The first-order valence-electron chi connectivity index (χ1n) is 6.94. The van der Waals surface area contributed by atoms with Crippen molar-refractivity contribution >= 4 is 28.2 Å². The van der Waals surface area contributed by atoms with Crippen molar-refractivity contribution in [3.63, 3.8) is 0 Å². The lowest BCUT2D eigenvalue weighted by molar-refractivity contribution is -0.132. The Hall–Kier alpha value is -2.70. The van der Waals surface area contributed by atoms with E-state index in [4.69, 9.17) is 5.73 Å². The van der Waals surface area contributed by atoms with Crippen LogP contribution in [0.1, 0.15) is 31.1 Å². The molecule has 1 aromatic heterocycles. The lowest BCUT2D eigenvalue weighted by atomic mass is 9.92. The molecule has 22 heavy (non-hydrogen) atoms. The SMILES string of the molecule is Cc1nc2cc(O)cc(N)c2c(=O)n1C1CCC(=O)CC1=O. The number of ketones is 2. The van der Waals surface area contributed by atoms with Gasteiger partial charge in [-0.2, -0.15) is 0 Å². The van der Waals surface area contributed by atoms with Crippen LogP contribution in [0.25, 0.3) is 10.9 Å². The fourth-order valence-corrected chi connectivity index (χ4v) is 2.95. The molecule has 0 radical (unpaired) electrons. The van der Waals surface area contributed by atoms with E-state index in [-0.39, 0.29) is 46.7 Å². The molecule has 1 unspecified atom stereocenters. The number of hydrogen-bond acceptors (Lipinski definition) is 6. The van der Waals surface area contributed by atoms with Crippen molar-refractivity contribution < 1.29 is 14.7 Å². The summed E-state index contributed by atoms with van der Waals surface area (Å²) in [5.74, 6) is -0.103. The molecule has 114 valence electrons. The molecule has 1 aromatic carbocycles. The van der Waals surface area contributed by atoms with E-state index < -0.39 is 11.6 Å². The van der Waals surface area contributed by atoms with Gasteiger partial charge in [-0.05, 0) is 13.3 Å². The predicted molar refractivity (Wildman–Crippen MR) is 79.7 cm³/mol. The number of nitrogens with zero attached hydrogens (tertiary/aromatic N) is 2. The second-order valence-electron chi connectivity index (χ2n) is 5.50. The standard InChI is InChI=1S/C15H15N3O4/c1-7-17-11-5-9(20)4-10(16)14(11)15(22)18(7)12-3-2-8(19)6-13(12)21/h4-5,12,20H,2-3,6,16H2,1H3. The summed E-state index contributed by atoms with van der Waals surface area (Å²) < 4.78 is 1.31. The van der Waals surface area contributed by atoms with Crippen LogP contribution in [0.3, 0.4) is 0 Å². The molecule has 0 saturated heterocycles. The summed E-state index contributed by atoms with van der Waals surface area (Å²) in [6.07, 6.45) is 0.411. The van der Waals surface area contributed by atoms with E-state index in [1.165, 1.54) is 16.7 Å². The number of aryl methyl sites for hydroxylation is 1. The molecule has 7 heteroatoms. The minimum absolute atomic E-state index is 0.0756. The van der Waals surface area contributed by atoms with Gasteiger partial charge in [0.05, 0.1) is 29.1 Å².